The average molecular weight is 201 g/mol. The van der Waals surface area contributed by atoms with Crippen molar-refractivity contribution in [2.45, 2.75) is 43.0 Å². The van der Waals surface area contributed by atoms with Gasteiger partial charge in [-0.2, -0.15) is 0 Å². The molecule has 5 heteroatoms. The van der Waals surface area contributed by atoms with Crippen molar-refractivity contribution in [3.8, 4) is 0 Å². The molecule has 14 heavy (non-hydrogen) atoms. The zero-order valence-corrected chi connectivity index (χ0v) is 7.85. The molecule has 80 valence electrons. The predicted octanol–water partition coefficient (Wildman–Crippen LogP) is -1.41. The fourth-order valence-electron chi connectivity index (χ4n) is 2.76. The number of ether oxygens (including phenoxy) is 2. The number of fused-ring (bicyclic) bond motifs is 4. The van der Waals surface area contributed by atoms with E-state index in [1.165, 1.54) is 0 Å². The van der Waals surface area contributed by atoms with E-state index in [0.717, 1.165) is 13.0 Å². The molecule has 5 unspecified atom stereocenters. The molecule has 3 aliphatic rings. The van der Waals surface area contributed by atoms with E-state index in [-0.39, 0.29) is 12.1 Å². The molecule has 0 spiro atoms. The van der Waals surface area contributed by atoms with Crippen LogP contribution in [0.4, 0.5) is 0 Å². The number of nitrogens with one attached hydrogen (secondary N) is 1. The minimum Gasteiger partial charge on any atom is -0.385 e. The molecule has 3 heterocycles. The van der Waals surface area contributed by atoms with Gasteiger partial charge in [-0.1, -0.05) is 0 Å². The van der Waals surface area contributed by atoms with Gasteiger partial charge in [-0.3, -0.25) is 0 Å². The van der Waals surface area contributed by atoms with Gasteiger partial charge in [-0.15, -0.1) is 0 Å². The van der Waals surface area contributed by atoms with Crippen molar-refractivity contribution < 1.29 is 19.7 Å². The first-order chi connectivity index (χ1) is 6.72. The number of hydrogen-bond donors (Lipinski definition) is 3. The molecular formula is C9H15NO4. The van der Waals surface area contributed by atoms with Crippen molar-refractivity contribution in [2.24, 2.45) is 0 Å². The van der Waals surface area contributed by atoms with Gasteiger partial charge in [0, 0.05) is 0 Å². The van der Waals surface area contributed by atoms with Crippen LogP contribution in [0, 0.1) is 0 Å². The predicted molar refractivity (Wildman–Crippen MR) is 46.6 cm³/mol. The highest BCUT2D eigenvalue weighted by Gasteiger charge is 2.59. The minimum atomic E-state index is -1.07. The largest absolute Gasteiger partial charge is 0.385 e. The van der Waals surface area contributed by atoms with Crippen LogP contribution in [0.5, 0.6) is 0 Å². The van der Waals surface area contributed by atoms with Gasteiger partial charge < -0.3 is 25.0 Å². The molecule has 3 fully saturated rings. The lowest BCUT2D eigenvalue weighted by Gasteiger charge is -2.48. The quantitative estimate of drug-likeness (QED) is 0.449. The van der Waals surface area contributed by atoms with Crippen molar-refractivity contribution in [1.82, 2.24) is 5.32 Å². The Kier molecular flexibility index (Phi) is 1.87. The third-order valence-electron chi connectivity index (χ3n) is 3.53. The topological polar surface area (TPSA) is 71.0 Å². The second-order valence-corrected chi connectivity index (χ2v) is 4.35. The molecule has 3 saturated heterocycles. The summed E-state index contributed by atoms with van der Waals surface area (Å²) in [7, 11) is 0. The van der Waals surface area contributed by atoms with E-state index < -0.39 is 18.0 Å². The Morgan fingerprint density at radius 2 is 2.29 bits per heavy atom. The van der Waals surface area contributed by atoms with E-state index >= 15 is 0 Å². The summed E-state index contributed by atoms with van der Waals surface area (Å²) in [5.41, 5.74) is -1.07. The fraction of sp³-hybridized carbons (Fsp3) is 1.00. The third kappa shape index (κ3) is 1.02. The first-order valence-corrected chi connectivity index (χ1v) is 5.13. The number of rotatable bonds is 0. The molecule has 0 aromatic carbocycles. The summed E-state index contributed by atoms with van der Waals surface area (Å²) in [4.78, 5) is 0. The number of piperidine rings is 1. The molecule has 3 aliphatic heterocycles. The van der Waals surface area contributed by atoms with Crippen LogP contribution >= 0.6 is 0 Å². The second-order valence-electron chi connectivity index (χ2n) is 4.35. The summed E-state index contributed by atoms with van der Waals surface area (Å²) in [5.74, 6) is 0. The molecule has 0 radical (unpaired) electrons. The Bertz CT molecular complexity index is 249. The normalized spacial score (nSPS) is 57.0. The lowest BCUT2D eigenvalue weighted by atomic mass is 9.77. The van der Waals surface area contributed by atoms with Gasteiger partial charge in [0.2, 0.25) is 0 Å². The summed E-state index contributed by atoms with van der Waals surface area (Å²) in [6, 6.07) is -0.190. The van der Waals surface area contributed by atoms with Gasteiger partial charge in [0.05, 0.1) is 12.6 Å². The Hall–Kier alpha value is -0.200. The molecular weight excluding hydrogens is 186 g/mol. The van der Waals surface area contributed by atoms with Crippen LogP contribution in [0.1, 0.15) is 12.8 Å². The maximum absolute atomic E-state index is 10.4. The van der Waals surface area contributed by atoms with Gasteiger partial charge in [-0.25, -0.2) is 0 Å². The summed E-state index contributed by atoms with van der Waals surface area (Å²) in [5, 5.41) is 23.5. The highest BCUT2D eigenvalue weighted by atomic mass is 16.7. The molecule has 0 aromatic rings. The Balaban J connectivity index is 1.94. The van der Waals surface area contributed by atoms with Crippen molar-refractivity contribution >= 4 is 0 Å². The monoisotopic (exact) mass is 201 g/mol. The van der Waals surface area contributed by atoms with E-state index in [1.54, 1.807) is 0 Å². The van der Waals surface area contributed by atoms with Crippen LogP contribution in [-0.4, -0.2) is 53.5 Å². The van der Waals surface area contributed by atoms with Crippen molar-refractivity contribution in [2.75, 3.05) is 13.2 Å². The molecule has 0 aliphatic carbocycles. The molecule has 5 atom stereocenters. The third-order valence-corrected chi connectivity index (χ3v) is 3.53. The van der Waals surface area contributed by atoms with Gasteiger partial charge in [0.25, 0.3) is 0 Å². The second kappa shape index (κ2) is 2.90. The van der Waals surface area contributed by atoms with Crippen LogP contribution in [0.25, 0.3) is 0 Å². The van der Waals surface area contributed by atoms with Gasteiger partial charge >= 0.3 is 0 Å². The Morgan fingerprint density at radius 3 is 3.14 bits per heavy atom. The number of aliphatic hydroxyl groups is 2. The first kappa shape index (κ1) is 9.06. The van der Waals surface area contributed by atoms with Crippen LogP contribution in [0.3, 0.4) is 0 Å². The van der Waals surface area contributed by atoms with E-state index in [4.69, 9.17) is 9.47 Å². The Labute approximate surface area is 82.0 Å². The van der Waals surface area contributed by atoms with Crippen LogP contribution in [0.15, 0.2) is 0 Å². The molecule has 0 saturated carbocycles. The van der Waals surface area contributed by atoms with Crippen LogP contribution < -0.4 is 5.32 Å². The lowest BCUT2D eigenvalue weighted by Crippen LogP contribution is -2.70. The lowest BCUT2D eigenvalue weighted by molar-refractivity contribution is -0.251. The first-order valence-electron chi connectivity index (χ1n) is 5.13. The summed E-state index contributed by atoms with van der Waals surface area (Å²) in [6.07, 6.45) is -0.191. The van der Waals surface area contributed by atoms with E-state index in [9.17, 15) is 10.2 Å². The Morgan fingerprint density at radius 1 is 1.43 bits per heavy atom. The molecule has 3 rings (SSSR count). The van der Waals surface area contributed by atoms with Gasteiger partial charge in [-0.05, 0) is 19.4 Å². The maximum atomic E-state index is 10.4. The summed E-state index contributed by atoms with van der Waals surface area (Å²) < 4.78 is 10.7. The van der Waals surface area contributed by atoms with Crippen LogP contribution in [0.2, 0.25) is 0 Å². The van der Waals surface area contributed by atoms with E-state index in [2.05, 4.69) is 5.32 Å². The zero-order valence-electron chi connectivity index (χ0n) is 7.85. The summed E-state index contributed by atoms with van der Waals surface area (Å²) >= 11 is 0. The van der Waals surface area contributed by atoms with E-state index in [0.29, 0.717) is 13.0 Å². The highest BCUT2D eigenvalue weighted by Crippen LogP contribution is 2.39. The van der Waals surface area contributed by atoms with Gasteiger partial charge in [0.15, 0.2) is 6.29 Å². The highest BCUT2D eigenvalue weighted by molar-refractivity contribution is 5.09. The zero-order chi connectivity index (χ0) is 9.76. The number of hydrogen-bond acceptors (Lipinski definition) is 5. The minimum absolute atomic E-state index is 0.117. The molecule has 0 aromatic heterocycles. The standard InChI is InChI=1S/C9H15NO4/c11-7-8-13-4-5(14-8)6-9(7,12)2-1-3-10-6/h5-8,10-12H,1-4H2. The SMILES string of the molecule is OC1C2OCC(O2)C2NCCCC12O. The van der Waals surface area contributed by atoms with Crippen molar-refractivity contribution in [1.29, 1.82) is 0 Å². The maximum Gasteiger partial charge on any atom is 0.186 e. The van der Waals surface area contributed by atoms with Crippen molar-refractivity contribution in [3.05, 3.63) is 0 Å². The molecule has 3 N–H and O–H groups in total. The fourth-order valence-corrected chi connectivity index (χ4v) is 2.76. The van der Waals surface area contributed by atoms with E-state index in [1.807, 2.05) is 0 Å². The van der Waals surface area contributed by atoms with Gasteiger partial charge in [0.1, 0.15) is 17.8 Å². The molecule has 0 amide bonds. The number of aliphatic hydroxyl groups excluding tert-OH is 1. The summed E-state index contributed by atoms with van der Waals surface area (Å²) in [6.45, 7) is 1.33. The smallest absolute Gasteiger partial charge is 0.186 e. The van der Waals surface area contributed by atoms with Crippen molar-refractivity contribution in [3.63, 3.8) is 0 Å². The van der Waals surface area contributed by atoms with Crippen LogP contribution in [-0.2, 0) is 9.47 Å². The molecule has 2 bridgehead atoms. The molecule has 5 nitrogen and oxygen atoms in total. The average Bonchev–Trinajstić information content (AvgIpc) is 2.62.